The predicted octanol–water partition coefficient (Wildman–Crippen LogP) is 3.39. The Morgan fingerprint density at radius 2 is 1.75 bits per heavy atom. The summed E-state index contributed by atoms with van der Waals surface area (Å²) in [4.78, 5) is 13.9. The maximum Gasteiger partial charge on any atom is 0.410 e. The summed E-state index contributed by atoms with van der Waals surface area (Å²) in [6.07, 6.45) is 3.87. The van der Waals surface area contributed by atoms with Crippen LogP contribution in [0.1, 0.15) is 45.1 Å². The third-order valence-corrected chi connectivity index (χ3v) is 5.80. The van der Waals surface area contributed by atoms with Crippen molar-refractivity contribution in [1.82, 2.24) is 14.7 Å². The average Bonchev–Trinajstić information content (AvgIpc) is 3.07. The lowest BCUT2D eigenvalue weighted by Gasteiger charge is -2.33. The van der Waals surface area contributed by atoms with Crippen LogP contribution < -0.4 is 0 Å². The molecule has 1 amide bonds. The summed E-state index contributed by atoms with van der Waals surface area (Å²) >= 11 is 0. The highest BCUT2D eigenvalue weighted by molar-refractivity contribution is 7.90. The average molecular weight is 406 g/mol. The molecule has 2 aromatic rings. The molecule has 0 atom stereocenters. The van der Waals surface area contributed by atoms with E-state index in [0.717, 1.165) is 5.56 Å². The molecule has 0 aliphatic carbocycles. The molecule has 3 rings (SSSR count). The first kappa shape index (κ1) is 20.4. The summed E-state index contributed by atoms with van der Waals surface area (Å²) in [5, 5.41) is 4.59. The Morgan fingerprint density at radius 1 is 1.14 bits per heavy atom. The molecule has 7 nitrogen and oxygen atoms in total. The van der Waals surface area contributed by atoms with Crippen molar-refractivity contribution in [3.8, 4) is 5.69 Å². The number of likely N-dealkylation sites (tertiary alicyclic amines) is 1. The van der Waals surface area contributed by atoms with E-state index in [-0.39, 0.29) is 17.0 Å². The molecule has 8 heteroatoms. The Labute approximate surface area is 166 Å². The molecule has 0 bridgehead atoms. The first-order valence-corrected chi connectivity index (χ1v) is 11.3. The molecule has 0 radical (unpaired) electrons. The van der Waals surface area contributed by atoms with E-state index >= 15 is 0 Å². The number of benzene rings is 1. The van der Waals surface area contributed by atoms with E-state index < -0.39 is 15.4 Å². The Kier molecular flexibility index (Phi) is 5.52. The fourth-order valence-electron chi connectivity index (χ4n) is 3.45. The molecule has 1 saturated heterocycles. The van der Waals surface area contributed by atoms with E-state index in [1.165, 1.54) is 10.9 Å². The van der Waals surface area contributed by atoms with Gasteiger partial charge in [-0.05, 0) is 51.7 Å². The van der Waals surface area contributed by atoms with Crippen LogP contribution >= 0.6 is 0 Å². The van der Waals surface area contributed by atoms with Crippen molar-refractivity contribution in [1.29, 1.82) is 0 Å². The van der Waals surface area contributed by atoms with Gasteiger partial charge in [-0.1, -0.05) is 18.2 Å². The fourth-order valence-corrected chi connectivity index (χ4v) is 4.57. The van der Waals surface area contributed by atoms with Crippen LogP contribution in [0.5, 0.6) is 0 Å². The summed E-state index contributed by atoms with van der Waals surface area (Å²) in [6, 6.07) is 9.23. The third kappa shape index (κ3) is 4.55. The molecular weight excluding hydrogens is 378 g/mol. The molecule has 28 heavy (non-hydrogen) atoms. The van der Waals surface area contributed by atoms with Crippen LogP contribution in [0.25, 0.3) is 5.69 Å². The zero-order valence-corrected chi connectivity index (χ0v) is 17.6. The SMILES string of the molecule is CC(C)(C)OC(=O)N1CCC(c2cnn(-c3ccccc3)c2S(C)(=O)=O)CC1. The van der Waals surface area contributed by atoms with Crippen molar-refractivity contribution in [3.05, 3.63) is 42.1 Å². The second kappa shape index (κ2) is 7.58. The maximum atomic E-state index is 12.5. The number of para-hydroxylation sites is 1. The highest BCUT2D eigenvalue weighted by Crippen LogP contribution is 2.34. The highest BCUT2D eigenvalue weighted by Gasteiger charge is 2.32. The molecule has 0 N–H and O–H groups in total. The van der Waals surface area contributed by atoms with Gasteiger partial charge >= 0.3 is 6.09 Å². The largest absolute Gasteiger partial charge is 0.444 e. The van der Waals surface area contributed by atoms with Crippen LogP contribution in [-0.4, -0.2) is 54.1 Å². The lowest BCUT2D eigenvalue weighted by atomic mass is 9.92. The number of amides is 1. The minimum Gasteiger partial charge on any atom is -0.444 e. The van der Waals surface area contributed by atoms with Crippen LogP contribution in [0, 0.1) is 0 Å². The van der Waals surface area contributed by atoms with Crippen molar-refractivity contribution in [2.24, 2.45) is 0 Å². The maximum absolute atomic E-state index is 12.5. The summed E-state index contributed by atoms with van der Waals surface area (Å²) < 4.78 is 32.0. The van der Waals surface area contributed by atoms with Gasteiger partial charge in [0.05, 0.1) is 11.9 Å². The highest BCUT2D eigenvalue weighted by atomic mass is 32.2. The molecule has 1 aliphatic rings. The van der Waals surface area contributed by atoms with Crippen LogP contribution in [0.15, 0.2) is 41.6 Å². The fraction of sp³-hybridized carbons (Fsp3) is 0.500. The second-order valence-corrected chi connectivity index (χ2v) is 10.1. The number of hydrogen-bond donors (Lipinski definition) is 0. The molecule has 1 aromatic heterocycles. The van der Waals surface area contributed by atoms with E-state index in [9.17, 15) is 13.2 Å². The van der Waals surface area contributed by atoms with E-state index in [1.54, 1.807) is 11.1 Å². The summed E-state index contributed by atoms with van der Waals surface area (Å²) in [5.41, 5.74) is 0.893. The number of carbonyl (C=O) groups is 1. The van der Waals surface area contributed by atoms with Crippen molar-refractivity contribution < 1.29 is 17.9 Å². The van der Waals surface area contributed by atoms with Gasteiger partial charge in [-0.2, -0.15) is 5.10 Å². The number of nitrogens with zero attached hydrogens (tertiary/aromatic N) is 3. The van der Waals surface area contributed by atoms with Gasteiger partial charge in [-0.25, -0.2) is 17.9 Å². The minimum atomic E-state index is -3.48. The minimum absolute atomic E-state index is 0.0286. The standard InChI is InChI=1S/C20H27N3O4S/c1-20(2,3)27-19(24)22-12-10-15(11-13-22)17-14-21-23(18(17)28(4,25)26)16-8-6-5-7-9-16/h5-9,14-15H,10-13H2,1-4H3. The summed E-state index contributed by atoms with van der Waals surface area (Å²) in [7, 11) is -3.48. The van der Waals surface area contributed by atoms with Gasteiger partial charge in [0.25, 0.3) is 0 Å². The topological polar surface area (TPSA) is 81.5 Å². The van der Waals surface area contributed by atoms with Gasteiger partial charge in [0.1, 0.15) is 5.60 Å². The molecule has 2 heterocycles. The van der Waals surface area contributed by atoms with Crippen molar-refractivity contribution >= 4 is 15.9 Å². The monoisotopic (exact) mass is 405 g/mol. The number of aromatic nitrogens is 2. The third-order valence-electron chi connectivity index (χ3n) is 4.69. The Morgan fingerprint density at radius 3 is 2.29 bits per heavy atom. The normalized spacial score (nSPS) is 16.2. The first-order chi connectivity index (χ1) is 13.1. The van der Waals surface area contributed by atoms with Gasteiger partial charge in [0, 0.05) is 24.9 Å². The van der Waals surface area contributed by atoms with Gasteiger partial charge in [0.15, 0.2) is 14.9 Å². The van der Waals surface area contributed by atoms with E-state index in [2.05, 4.69) is 5.10 Å². The quantitative estimate of drug-likeness (QED) is 0.782. The molecule has 0 unspecified atom stereocenters. The number of piperidine rings is 1. The Bertz CT molecular complexity index is 938. The Hall–Kier alpha value is -2.35. The summed E-state index contributed by atoms with van der Waals surface area (Å²) in [5.74, 6) is 0.0286. The smallest absolute Gasteiger partial charge is 0.410 e. The number of sulfone groups is 1. The van der Waals surface area contributed by atoms with Crippen molar-refractivity contribution in [3.63, 3.8) is 0 Å². The number of ether oxygens (including phenoxy) is 1. The molecule has 1 aliphatic heterocycles. The van der Waals surface area contributed by atoms with Gasteiger partial charge in [-0.3, -0.25) is 0 Å². The van der Waals surface area contributed by atoms with E-state index in [0.29, 0.717) is 31.6 Å². The molecule has 0 spiro atoms. The molecular formula is C20H27N3O4S. The molecule has 1 aromatic carbocycles. The van der Waals surface area contributed by atoms with Gasteiger partial charge < -0.3 is 9.64 Å². The van der Waals surface area contributed by atoms with Gasteiger partial charge in [-0.15, -0.1) is 0 Å². The number of hydrogen-bond acceptors (Lipinski definition) is 5. The van der Waals surface area contributed by atoms with Crippen molar-refractivity contribution in [2.75, 3.05) is 19.3 Å². The summed E-state index contributed by atoms with van der Waals surface area (Å²) in [6.45, 7) is 6.58. The lowest BCUT2D eigenvalue weighted by molar-refractivity contribution is 0.0204. The zero-order valence-electron chi connectivity index (χ0n) is 16.8. The lowest BCUT2D eigenvalue weighted by Crippen LogP contribution is -2.41. The first-order valence-electron chi connectivity index (χ1n) is 9.37. The van der Waals surface area contributed by atoms with Gasteiger partial charge in [0.2, 0.25) is 0 Å². The van der Waals surface area contributed by atoms with Crippen LogP contribution in [0.2, 0.25) is 0 Å². The molecule has 0 saturated carbocycles. The Balaban J connectivity index is 1.82. The predicted molar refractivity (Wildman–Crippen MR) is 106 cm³/mol. The number of carbonyl (C=O) groups excluding carboxylic acids is 1. The van der Waals surface area contributed by atoms with Crippen LogP contribution in [0.3, 0.4) is 0 Å². The van der Waals surface area contributed by atoms with E-state index in [4.69, 9.17) is 4.74 Å². The van der Waals surface area contributed by atoms with Crippen molar-refractivity contribution in [2.45, 2.75) is 50.2 Å². The number of rotatable bonds is 3. The van der Waals surface area contributed by atoms with Crippen LogP contribution in [-0.2, 0) is 14.6 Å². The molecule has 152 valence electrons. The van der Waals surface area contributed by atoms with E-state index in [1.807, 2.05) is 51.1 Å². The van der Waals surface area contributed by atoms with Crippen LogP contribution in [0.4, 0.5) is 4.79 Å². The zero-order chi connectivity index (χ0) is 20.5. The molecule has 1 fully saturated rings. The second-order valence-electron chi connectivity index (χ2n) is 8.17.